The first-order chi connectivity index (χ1) is 11.3. The van der Waals surface area contributed by atoms with Gasteiger partial charge in [0.05, 0.1) is 38.6 Å². The Morgan fingerprint density at radius 2 is 1.72 bits per heavy atom. The highest BCUT2D eigenvalue weighted by Crippen LogP contribution is 2.47. The van der Waals surface area contributed by atoms with Crippen molar-refractivity contribution in [3.05, 3.63) is 11.9 Å². The van der Waals surface area contributed by atoms with Crippen molar-refractivity contribution < 1.29 is 42.5 Å². The zero-order valence-corrected chi connectivity index (χ0v) is 17.5. The number of hydrogen-bond donors (Lipinski definition) is 3. The van der Waals surface area contributed by atoms with Crippen molar-refractivity contribution in [1.82, 2.24) is 0 Å². The fraction of sp³-hybridized carbons (Fsp3) is 0.846. The van der Waals surface area contributed by atoms with Gasteiger partial charge in [-0.3, -0.25) is 4.57 Å². The van der Waals surface area contributed by atoms with Gasteiger partial charge in [-0.15, -0.1) is 0 Å². The molecule has 0 aliphatic carbocycles. The van der Waals surface area contributed by atoms with Gasteiger partial charge in [0.2, 0.25) is 0 Å². The van der Waals surface area contributed by atoms with E-state index < -0.39 is 26.0 Å². The minimum Gasteiger partial charge on any atom is -0.382 e. The molecule has 3 N–H and O–H groups in total. The summed E-state index contributed by atoms with van der Waals surface area (Å²) in [5.41, 5.74) is -0.697. The summed E-state index contributed by atoms with van der Waals surface area (Å²) in [6, 6.07) is 0. The Bertz CT molecular complexity index is 486. The number of ether oxygens (including phenoxy) is 3. The summed E-state index contributed by atoms with van der Waals surface area (Å²) < 4.78 is 36.9. The van der Waals surface area contributed by atoms with Crippen molar-refractivity contribution in [2.45, 2.75) is 32.5 Å². The lowest BCUT2D eigenvalue weighted by atomic mass is 10.2. The molecule has 0 aromatic heterocycles. The molecular weight excluding hydrogens is 394 g/mol. The van der Waals surface area contributed by atoms with Gasteiger partial charge in [-0.1, -0.05) is 0 Å². The predicted octanol–water partition coefficient (Wildman–Crippen LogP) is 1.77. The van der Waals surface area contributed by atoms with E-state index in [1.807, 2.05) is 0 Å². The average molecular weight is 422 g/mol. The molecule has 0 heterocycles. The van der Waals surface area contributed by atoms with Crippen LogP contribution in [0, 0.1) is 0 Å². The Kier molecular flexibility index (Phi) is 12.0. The van der Waals surface area contributed by atoms with E-state index in [-0.39, 0.29) is 19.8 Å². The predicted molar refractivity (Wildman–Crippen MR) is 96.9 cm³/mol. The van der Waals surface area contributed by atoms with Crippen LogP contribution in [0.25, 0.3) is 0 Å². The fourth-order valence-corrected chi connectivity index (χ4v) is 3.76. The van der Waals surface area contributed by atoms with Crippen LogP contribution in [0.15, 0.2) is 11.9 Å². The molecule has 0 saturated heterocycles. The van der Waals surface area contributed by atoms with Gasteiger partial charge in [-0.25, -0.2) is 0 Å². The summed E-state index contributed by atoms with van der Waals surface area (Å²) in [4.78, 5) is 27.8. The van der Waals surface area contributed by atoms with Gasteiger partial charge < -0.3 is 37.9 Å². The Labute approximate surface area is 153 Å². The Morgan fingerprint density at radius 3 is 2.24 bits per heavy atom. The van der Waals surface area contributed by atoms with Crippen molar-refractivity contribution in [1.29, 1.82) is 0 Å². The van der Waals surface area contributed by atoms with Crippen molar-refractivity contribution in [2.24, 2.45) is 0 Å². The maximum Gasteiger partial charge on any atom is 0.348 e. The Balaban J connectivity index is 4.56. The largest absolute Gasteiger partial charge is 0.382 e. The molecule has 9 nitrogen and oxygen atoms in total. The maximum atomic E-state index is 11.0. The van der Waals surface area contributed by atoms with E-state index in [2.05, 4.69) is 0 Å². The van der Waals surface area contributed by atoms with E-state index in [0.29, 0.717) is 19.0 Å². The molecule has 150 valence electrons. The van der Waals surface area contributed by atoms with E-state index in [4.69, 9.17) is 44.9 Å². The van der Waals surface area contributed by atoms with Gasteiger partial charge >= 0.3 is 14.3 Å². The van der Waals surface area contributed by atoms with Crippen molar-refractivity contribution in [3.8, 4) is 0 Å². The SMILES string of the molecule is COCCOCCOC(/C=C/P(=O)(O)O)COP(O)(=S)OC(C)(C)C. The summed E-state index contributed by atoms with van der Waals surface area (Å²) in [7, 11) is -2.79. The van der Waals surface area contributed by atoms with Crippen LogP contribution in [-0.4, -0.2) is 66.5 Å². The van der Waals surface area contributed by atoms with Crippen molar-refractivity contribution in [2.75, 3.05) is 40.1 Å². The normalized spacial score (nSPS) is 16.9. The Morgan fingerprint density at radius 1 is 1.12 bits per heavy atom. The topological polar surface area (TPSA) is 124 Å². The standard InChI is InChI=1S/C13H28O9P2S/c1-13(2,3)22-24(17,25)21-11-12(5-10-23(14,15)16)20-9-8-19-7-6-18-4/h5,10,12H,6-9,11H2,1-4H3,(H,17,25)(H2,14,15,16)/b10-5+. The van der Waals surface area contributed by atoms with Crippen LogP contribution in [0.5, 0.6) is 0 Å². The fourth-order valence-electron chi connectivity index (χ4n) is 1.41. The monoisotopic (exact) mass is 422 g/mol. The van der Waals surface area contributed by atoms with Gasteiger partial charge in [0, 0.05) is 12.9 Å². The second-order valence-electron chi connectivity index (χ2n) is 5.91. The van der Waals surface area contributed by atoms with Crippen LogP contribution in [0.2, 0.25) is 0 Å². The molecule has 25 heavy (non-hydrogen) atoms. The first kappa shape index (κ1) is 25.3. The molecule has 0 aliphatic heterocycles. The summed E-state index contributed by atoms with van der Waals surface area (Å²) >= 11 is 4.90. The molecule has 0 aromatic rings. The van der Waals surface area contributed by atoms with E-state index in [9.17, 15) is 9.46 Å². The molecular formula is C13H28O9P2S. The molecule has 0 radical (unpaired) electrons. The molecule has 0 aliphatic rings. The van der Waals surface area contributed by atoms with Crippen LogP contribution in [0.3, 0.4) is 0 Å². The van der Waals surface area contributed by atoms with E-state index in [1.54, 1.807) is 27.9 Å². The zero-order chi connectivity index (χ0) is 19.6. The van der Waals surface area contributed by atoms with Crippen LogP contribution in [0.4, 0.5) is 0 Å². The van der Waals surface area contributed by atoms with Crippen molar-refractivity contribution >= 4 is 26.1 Å². The minimum absolute atomic E-state index is 0.150. The first-order valence-electron chi connectivity index (χ1n) is 7.45. The number of rotatable bonds is 13. The first-order valence-corrected chi connectivity index (χ1v) is 11.7. The third-order valence-corrected chi connectivity index (χ3v) is 4.63. The highest BCUT2D eigenvalue weighted by atomic mass is 32.5. The van der Waals surface area contributed by atoms with E-state index in [0.717, 1.165) is 6.08 Å². The molecule has 0 aromatic carbocycles. The number of methoxy groups -OCH3 is 1. The maximum absolute atomic E-state index is 11.0. The lowest BCUT2D eigenvalue weighted by Gasteiger charge is -2.26. The summed E-state index contributed by atoms with van der Waals surface area (Å²) in [5, 5.41) is 0. The second-order valence-corrected chi connectivity index (χ2v) is 10.2. The molecule has 12 heteroatoms. The highest BCUT2D eigenvalue weighted by molar-refractivity contribution is 8.07. The molecule has 0 fully saturated rings. The van der Waals surface area contributed by atoms with Crippen LogP contribution < -0.4 is 0 Å². The molecule has 0 rings (SSSR count). The second kappa shape index (κ2) is 11.9. The third-order valence-electron chi connectivity index (χ3n) is 2.28. The summed E-state index contributed by atoms with van der Waals surface area (Å²) in [6.45, 7) is 2.67. The number of hydrogen-bond acceptors (Lipinski definition) is 7. The van der Waals surface area contributed by atoms with Crippen molar-refractivity contribution in [3.63, 3.8) is 0 Å². The summed E-state index contributed by atoms with van der Waals surface area (Å²) in [5.74, 6) is 0.707. The average Bonchev–Trinajstić information content (AvgIpc) is 2.41. The van der Waals surface area contributed by atoms with E-state index >= 15 is 0 Å². The third kappa shape index (κ3) is 17.5. The molecule has 0 saturated carbocycles. The van der Waals surface area contributed by atoms with Crippen LogP contribution >= 0.6 is 14.3 Å². The Hall–Kier alpha value is 0.300. The van der Waals surface area contributed by atoms with Gasteiger partial charge in [0.15, 0.2) is 0 Å². The molecule has 0 spiro atoms. The smallest absolute Gasteiger partial charge is 0.348 e. The lowest BCUT2D eigenvalue weighted by Crippen LogP contribution is -2.22. The van der Waals surface area contributed by atoms with Gasteiger partial charge in [0.1, 0.15) is 6.10 Å². The van der Waals surface area contributed by atoms with Crippen LogP contribution in [0.1, 0.15) is 20.8 Å². The lowest BCUT2D eigenvalue weighted by molar-refractivity contribution is -0.00944. The van der Waals surface area contributed by atoms with Gasteiger partial charge in [-0.05, 0) is 38.7 Å². The zero-order valence-electron chi connectivity index (χ0n) is 14.9. The van der Waals surface area contributed by atoms with Gasteiger partial charge in [0.25, 0.3) is 0 Å². The quantitative estimate of drug-likeness (QED) is 0.299. The summed E-state index contributed by atoms with van der Waals surface area (Å²) in [6.07, 6.45) is 0.319. The molecule has 0 bridgehead atoms. The molecule has 2 unspecified atom stereocenters. The molecule has 0 amide bonds. The molecule has 2 atom stereocenters. The van der Waals surface area contributed by atoms with Crippen LogP contribution in [-0.2, 0) is 39.6 Å². The van der Waals surface area contributed by atoms with E-state index in [1.165, 1.54) is 0 Å². The highest BCUT2D eigenvalue weighted by Gasteiger charge is 2.25. The van der Waals surface area contributed by atoms with Gasteiger partial charge in [-0.2, -0.15) is 0 Å². The minimum atomic E-state index is -4.35.